The highest BCUT2D eigenvalue weighted by Crippen LogP contribution is 2.16. The average molecular weight is 246 g/mol. The third-order valence-electron chi connectivity index (χ3n) is 4.06. The number of nitrogens with one attached hydrogen (secondary N) is 1. The monoisotopic (exact) mass is 246 g/mol. The van der Waals surface area contributed by atoms with Crippen molar-refractivity contribution in [1.82, 2.24) is 10.2 Å². The van der Waals surface area contributed by atoms with Crippen LogP contribution in [-0.2, 0) is 6.54 Å². The minimum Gasteiger partial charge on any atom is -0.314 e. The van der Waals surface area contributed by atoms with E-state index in [2.05, 4.69) is 49.2 Å². The first-order chi connectivity index (χ1) is 8.69. The Balaban J connectivity index is 1.85. The van der Waals surface area contributed by atoms with E-state index in [0.29, 0.717) is 0 Å². The Kier molecular flexibility index (Phi) is 4.79. The van der Waals surface area contributed by atoms with Crippen molar-refractivity contribution >= 4 is 0 Å². The zero-order valence-electron chi connectivity index (χ0n) is 12.0. The Bertz CT molecular complexity index is 379. The second-order valence-corrected chi connectivity index (χ2v) is 5.53. The van der Waals surface area contributed by atoms with Crippen molar-refractivity contribution in [2.45, 2.75) is 46.2 Å². The van der Waals surface area contributed by atoms with Gasteiger partial charge in [0.05, 0.1) is 0 Å². The van der Waals surface area contributed by atoms with Gasteiger partial charge in [-0.15, -0.1) is 0 Å². The highest BCUT2D eigenvalue weighted by atomic mass is 15.1. The fourth-order valence-corrected chi connectivity index (χ4v) is 2.74. The molecule has 2 rings (SSSR count). The van der Waals surface area contributed by atoms with Crippen molar-refractivity contribution in [2.75, 3.05) is 19.6 Å². The summed E-state index contributed by atoms with van der Waals surface area (Å²) in [5.41, 5.74) is 4.26. The van der Waals surface area contributed by atoms with Gasteiger partial charge < -0.3 is 5.32 Å². The van der Waals surface area contributed by atoms with Crippen molar-refractivity contribution < 1.29 is 0 Å². The molecule has 1 heterocycles. The van der Waals surface area contributed by atoms with Gasteiger partial charge >= 0.3 is 0 Å². The second-order valence-electron chi connectivity index (χ2n) is 5.53. The molecule has 0 aromatic heterocycles. The van der Waals surface area contributed by atoms with Crippen LogP contribution in [0.25, 0.3) is 0 Å². The Labute approximate surface area is 111 Å². The molecular weight excluding hydrogens is 220 g/mol. The van der Waals surface area contributed by atoms with Gasteiger partial charge in [0.15, 0.2) is 0 Å². The number of aryl methyl sites for hydroxylation is 2. The van der Waals surface area contributed by atoms with E-state index in [1.54, 1.807) is 0 Å². The van der Waals surface area contributed by atoms with Crippen molar-refractivity contribution in [3.05, 3.63) is 34.9 Å². The van der Waals surface area contributed by atoms with Gasteiger partial charge in [-0.3, -0.25) is 4.90 Å². The molecule has 0 saturated carbocycles. The molecule has 1 aliphatic heterocycles. The molecule has 1 saturated heterocycles. The SMILES string of the molecule is CCNC1CCN(Cc2ccc(C)c(C)c2)CC1. The first kappa shape index (κ1) is 13.6. The summed E-state index contributed by atoms with van der Waals surface area (Å²) in [7, 11) is 0. The molecule has 0 amide bonds. The van der Waals surface area contributed by atoms with Crippen molar-refractivity contribution in [3.63, 3.8) is 0 Å². The van der Waals surface area contributed by atoms with E-state index in [9.17, 15) is 0 Å². The fraction of sp³-hybridized carbons (Fsp3) is 0.625. The van der Waals surface area contributed by atoms with Crippen LogP contribution < -0.4 is 5.32 Å². The number of nitrogens with zero attached hydrogens (tertiary/aromatic N) is 1. The summed E-state index contributed by atoms with van der Waals surface area (Å²) in [6, 6.07) is 7.60. The Hall–Kier alpha value is -0.860. The Morgan fingerprint density at radius 2 is 1.89 bits per heavy atom. The number of hydrogen-bond acceptors (Lipinski definition) is 2. The molecule has 100 valence electrons. The van der Waals surface area contributed by atoms with Crippen LogP contribution in [-0.4, -0.2) is 30.6 Å². The standard InChI is InChI=1S/C16H26N2/c1-4-17-16-7-9-18(10-8-16)12-15-6-5-13(2)14(3)11-15/h5-6,11,16-17H,4,7-10,12H2,1-3H3. The van der Waals surface area contributed by atoms with Crippen LogP contribution in [0, 0.1) is 13.8 Å². The third kappa shape index (κ3) is 3.56. The van der Waals surface area contributed by atoms with E-state index in [0.717, 1.165) is 19.1 Å². The maximum absolute atomic E-state index is 3.56. The molecule has 1 fully saturated rings. The lowest BCUT2D eigenvalue weighted by Gasteiger charge is -2.32. The maximum Gasteiger partial charge on any atom is 0.0233 e. The van der Waals surface area contributed by atoms with Crippen molar-refractivity contribution in [1.29, 1.82) is 0 Å². The number of benzene rings is 1. The fourth-order valence-electron chi connectivity index (χ4n) is 2.74. The van der Waals surface area contributed by atoms with Gasteiger partial charge in [0, 0.05) is 12.6 Å². The zero-order valence-corrected chi connectivity index (χ0v) is 12.0. The van der Waals surface area contributed by atoms with Gasteiger partial charge in [0.2, 0.25) is 0 Å². The van der Waals surface area contributed by atoms with Crippen LogP contribution >= 0.6 is 0 Å². The molecule has 2 nitrogen and oxygen atoms in total. The van der Waals surface area contributed by atoms with E-state index in [4.69, 9.17) is 0 Å². The quantitative estimate of drug-likeness (QED) is 0.879. The van der Waals surface area contributed by atoms with Crippen LogP contribution in [0.15, 0.2) is 18.2 Å². The normalized spacial score (nSPS) is 18.2. The lowest BCUT2D eigenvalue weighted by Crippen LogP contribution is -2.42. The number of likely N-dealkylation sites (tertiary alicyclic amines) is 1. The van der Waals surface area contributed by atoms with E-state index in [1.807, 2.05) is 0 Å². The molecule has 18 heavy (non-hydrogen) atoms. The van der Waals surface area contributed by atoms with E-state index in [-0.39, 0.29) is 0 Å². The molecule has 1 aliphatic rings. The van der Waals surface area contributed by atoms with Crippen molar-refractivity contribution in [3.8, 4) is 0 Å². The minimum atomic E-state index is 0.742. The zero-order chi connectivity index (χ0) is 13.0. The van der Waals surface area contributed by atoms with Crippen LogP contribution in [0.4, 0.5) is 0 Å². The lowest BCUT2D eigenvalue weighted by molar-refractivity contribution is 0.192. The number of hydrogen-bond donors (Lipinski definition) is 1. The predicted octanol–water partition coefficient (Wildman–Crippen LogP) is 2.88. The van der Waals surface area contributed by atoms with Gasteiger partial charge in [-0.2, -0.15) is 0 Å². The molecule has 0 aliphatic carbocycles. The number of piperidine rings is 1. The lowest BCUT2D eigenvalue weighted by atomic mass is 10.0. The smallest absolute Gasteiger partial charge is 0.0233 e. The summed E-state index contributed by atoms with van der Waals surface area (Å²) in [6.45, 7) is 11.2. The van der Waals surface area contributed by atoms with E-state index < -0.39 is 0 Å². The maximum atomic E-state index is 3.56. The van der Waals surface area contributed by atoms with Gasteiger partial charge in [-0.05, 0) is 63.0 Å². The molecule has 0 atom stereocenters. The molecule has 0 spiro atoms. The Morgan fingerprint density at radius 1 is 1.17 bits per heavy atom. The van der Waals surface area contributed by atoms with Gasteiger partial charge in [-0.1, -0.05) is 25.1 Å². The molecule has 0 bridgehead atoms. The summed E-state index contributed by atoms with van der Waals surface area (Å²) in [5.74, 6) is 0. The third-order valence-corrected chi connectivity index (χ3v) is 4.06. The van der Waals surface area contributed by atoms with Crippen LogP contribution in [0.5, 0.6) is 0 Å². The van der Waals surface area contributed by atoms with E-state index >= 15 is 0 Å². The van der Waals surface area contributed by atoms with Crippen LogP contribution in [0.3, 0.4) is 0 Å². The van der Waals surface area contributed by atoms with Crippen LogP contribution in [0.1, 0.15) is 36.5 Å². The minimum absolute atomic E-state index is 0.742. The summed E-state index contributed by atoms with van der Waals surface area (Å²) in [5, 5.41) is 3.56. The molecule has 1 N–H and O–H groups in total. The molecule has 0 unspecified atom stereocenters. The largest absolute Gasteiger partial charge is 0.314 e. The molecule has 2 heteroatoms. The van der Waals surface area contributed by atoms with Crippen molar-refractivity contribution in [2.24, 2.45) is 0 Å². The summed E-state index contributed by atoms with van der Waals surface area (Å²) in [4.78, 5) is 2.58. The predicted molar refractivity (Wildman–Crippen MR) is 77.9 cm³/mol. The topological polar surface area (TPSA) is 15.3 Å². The summed E-state index contributed by atoms with van der Waals surface area (Å²) in [6.07, 6.45) is 2.58. The summed E-state index contributed by atoms with van der Waals surface area (Å²) < 4.78 is 0. The Morgan fingerprint density at radius 3 is 2.50 bits per heavy atom. The second kappa shape index (κ2) is 6.35. The highest BCUT2D eigenvalue weighted by molar-refractivity contribution is 5.29. The van der Waals surface area contributed by atoms with Crippen LogP contribution in [0.2, 0.25) is 0 Å². The summed E-state index contributed by atoms with van der Waals surface area (Å²) >= 11 is 0. The van der Waals surface area contributed by atoms with Gasteiger partial charge in [0.1, 0.15) is 0 Å². The number of rotatable bonds is 4. The molecule has 0 radical (unpaired) electrons. The van der Waals surface area contributed by atoms with Gasteiger partial charge in [0.25, 0.3) is 0 Å². The average Bonchev–Trinajstić information content (AvgIpc) is 2.37. The first-order valence-corrected chi connectivity index (χ1v) is 7.21. The van der Waals surface area contributed by atoms with E-state index in [1.165, 1.54) is 42.6 Å². The first-order valence-electron chi connectivity index (χ1n) is 7.21. The van der Waals surface area contributed by atoms with Gasteiger partial charge in [-0.25, -0.2) is 0 Å². The molecular formula is C16H26N2. The highest BCUT2D eigenvalue weighted by Gasteiger charge is 2.18. The molecule has 1 aromatic rings. The molecule has 1 aromatic carbocycles.